The van der Waals surface area contributed by atoms with E-state index in [2.05, 4.69) is 0 Å². The molecule has 0 N–H and O–H groups in total. The van der Waals surface area contributed by atoms with Crippen molar-refractivity contribution in [1.82, 2.24) is 0 Å². The maximum atomic E-state index is 16.0. The average molecular weight is 2060 g/mol. The highest BCUT2D eigenvalue weighted by Crippen LogP contribution is 2.76. The van der Waals surface area contributed by atoms with Crippen LogP contribution in [0.2, 0.25) is 0 Å². The number of alkyl halides is 68. The molecule has 740 valence electrons. The first-order chi connectivity index (χ1) is 54.1. The smallest absolute Gasteiger partial charge is 0.199 e. The summed E-state index contributed by atoms with van der Waals surface area (Å²) in [5, 5.41) is 0. The molecule has 0 saturated heterocycles. The van der Waals surface area contributed by atoms with Gasteiger partial charge in [-0.1, -0.05) is 36.4 Å². The third-order valence-electron chi connectivity index (χ3n) is 18.8. The predicted octanol–water partition coefficient (Wildman–Crippen LogP) is 29.0. The Morgan fingerprint density at radius 3 is 0.365 bits per heavy atom. The Hall–Kier alpha value is -5.46. The predicted molar refractivity (Wildman–Crippen MR) is 282 cm³/mol. The fourth-order valence-electron chi connectivity index (χ4n) is 11.1. The first-order valence-electron chi connectivity index (χ1n) is 30.9. The number of hydrogen-bond donors (Lipinski definition) is 0. The summed E-state index contributed by atoms with van der Waals surface area (Å²) in [5.74, 6) is -258. The van der Waals surface area contributed by atoms with Crippen molar-refractivity contribution in [2.24, 2.45) is 0 Å². The molecule has 0 atom stereocenters. The molecule has 0 spiro atoms. The molecule has 1 heterocycles. The number of rotatable bonds is 36. The molecule has 0 fully saturated rings. The molecule has 3 rings (SSSR count). The van der Waals surface area contributed by atoms with Crippen LogP contribution in [0.25, 0.3) is 0 Å². The standard InChI is InChI=1S/C56H32F68P2/c57-25(58,29(65,66)33(73,74)37(81,82)41(89,90)45(97,98)49(105,106)53(113,114)115)7-11-125(12-8-26(59,60)30(67,68)34(75,76)38(83,84)42(91,92)46(99,100)50(107,108)54(116,117)118)17-21-3-1-4-22(15-21)18-126(20-24-6-2-5-23(16-24)19-125,13-9-27(61,62)31(69,70)35(77,78)39(85,86)43(93,94)47(101,102)51(109,110)55(119,120)121)14-10-28(63,64)32(71,72)36(79,80)40(87,88)44(95,96)48(103,104)52(111,112)56(122,123)124/h1-6,15-16H,7-14,17-20H2/q+2. The monoisotopic (exact) mass is 2060 g/mol. The van der Waals surface area contributed by atoms with Crippen LogP contribution in [0.5, 0.6) is 0 Å². The summed E-state index contributed by atoms with van der Waals surface area (Å²) in [6, 6.07) is -2.54. The van der Waals surface area contributed by atoms with E-state index in [1.807, 2.05) is 0 Å². The van der Waals surface area contributed by atoms with E-state index in [0.29, 0.717) is 0 Å². The second-order valence-corrected chi connectivity index (χ2v) is 35.9. The zero-order valence-corrected chi connectivity index (χ0v) is 59.5. The molecular formula is C56H32F68P2+2. The van der Waals surface area contributed by atoms with Crippen molar-refractivity contribution in [3.05, 3.63) is 70.8 Å². The number of hydrogen-bond acceptors (Lipinski definition) is 0. The van der Waals surface area contributed by atoms with Crippen LogP contribution in [0.1, 0.15) is 47.9 Å². The van der Waals surface area contributed by atoms with Crippen LogP contribution in [0.4, 0.5) is 299 Å². The lowest BCUT2D eigenvalue weighted by Gasteiger charge is -2.43. The first-order valence-corrected chi connectivity index (χ1v) is 35.9. The van der Waals surface area contributed by atoms with Crippen LogP contribution in [0.15, 0.2) is 48.5 Å². The van der Waals surface area contributed by atoms with Crippen LogP contribution in [0.3, 0.4) is 0 Å². The first kappa shape index (κ1) is 115. The van der Waals surface area contributed by atoms with Gasteiger partial charge in [0.1, 0.15) is 0 Å². The normalized spacial score (nSPS) is 17.9. The minimum Gasteiger partial charge on any atom is -0.199 e. The van der Waals surface area contributed by atoms with Gasteiger partial charge < -0.3 is 0 Å². The van der Waals surface area contributed by atoms with E-state index < -0.39 is 314 Å². The van der Waals surface area contributed by atoms with E-state index in [9.17, 15) is 193 Å². The van der Waals surface area contributed by atoms with Crippen molar-refractivity contribution in [3.8, 4) is 0 Å². The van der Waals surface area contributed by atoms with Crippen LogP contribution < -0.4 is 0 Å². The van der Waals surface area contributed by atoms with E-state index in [-0.39, 0.29) is 36.4 Å². The van der Waals surface area contributed by atoms with Crippen molar-refractivity contribution < 1.29 is 299 Å². The Kier molecular flexibility index (Phi) is 28.8. The van der Waals surface area contributed by atoms with Gasteiger partial charge in [0.15, 0.2) is 0 Å². The Morgan fingerprint density at radius 2 is 0.254 bits per heavy atom. The molecular weight excluding hydrogens is 2030 g/mol. The van der Waals surface area contributed by atoms with E-state index in [0.717, 1.165) is 0 Å². The van der Waals surface area contributed by atoms with E-state index >= 15 is 105 Å². The zero-order chi connectivity index (χ0) is 101. The molecule has 0 aromatic heterocycles. The van der Waals surface area contributed by atoms with E-state index in [4.69, 9.17) is 0 Å². The van der Waals surface area contributed by atoms with Gasteiger partial charge in [-0.15, -0.1) is 0 Å². The highest BCUT2D eigenvalue weighted by Gasteiger charge is 3.01. The molecule has 70 heteroatoms. The summed E-state index contributed by atoms with van der Waals surface area (Å²) in [4.78, 5) is 0. The van der Waals surface area contributed by atoms with Gasteiger partial charge in [0, 0.05) is 14.5 Å². The summed E-state index contributed by atoms with van der Waals surface area (Å²) in [6.07, 6.45) is -75.2. The van der Waals surface area contributed by atoms with Gasteiger partial charge in [-0.3, -0.25) is 0 Å². The van der Waals surface area contributed by atoms with Crippen LogP contribution >= 0.6 is 14.5 Å². The Balaban J connectivity index is 2.75. The second kappa shape index (κ2) is 31.6. The van der Waals surface area contributed by atoms with Crippen LogP contribution in [-0.4, -0.2) is 215 Å². The average Bonchev–Trinajstić information content (AvgIpc) is 0.706. The third kappa shape index (κ3) is 16.6. The lowest BCUT2D eigenvalue weighted by Crippen LogP contribution is -2.74. The molecule has 1 aliphatic rings. The molecule has 126 heavy (non-hydrogen) atoms. The topological polar surface area (TPSA) is 0 Å². The fraction of sp³-hybridized carbons (Fsp3) is 0.786. The van der Waals surface area contributed by atoms with Gasteiger partial charge in [0.05, 0.1) is 75.0 Å². The molecule has 0 unspecified atom stereocenters. The molecule has 0 aliphatic carbocycles. The van der Waals surface area contributed by atoms with Crippen molar-refractivity contribution in [1.29, 1.82) is 0 Å². The zero-order valence-electron chi connectivity index (χ0n) is 57.7. The van der Waals surface area contributed by atoms with Gasteiger partial charge in [0.25, 0.3) is 0 Å². The second-order valence-electron chi connectivity index (χ2n) is 27.4. The molecule has 0 saturated carbocycles. The molecule has 2 aromatic carbocycles. The van der Waals surface area contributed by atoms with Crippen molar-refractivity contribution in [2.45, 2.75) is 241 Å². The number of halogens is 68. The minimum absolute atomic E-state index is 0.247. The Labute approximate surface area is 649 Å². The van der Waals surface area contributed by atoms with Crippen molar-refractivity contribution in [3.63, 3.8) is 0 Å². The number of benzene rings is 2. The largest absolute Gasteiger partial charge is 0.460 e. The SMILES string of the molecule is FC(F)(F)C(F)(F)C(F)(F)C(F)(F)C(F)(F)C(F)(F)C(F)(F)C(F)(F)CC[P+]1(CCC(F)(F)C(F)(F)C(F)(F)C(F)(F)C(F)(F)C(F)(F)C(F)(F)C(F)(F)F)Cc2cccc(c2)C[P+](CCC(F)(F)C(F)(F)C(F)(F)C(F)(F)C(F)(F)C(F)(F)C(F)(F)C(F)(F)F)(CCC(F)(F)C(F)(F)C(F)(F)C(F)(F)C(F)(F)C(F)(F)C(F)(F)C(F)(F)F)Cc2cccc(c2)C1. The highest BCUT2D eigenvalue weighted by molar-refractivity contribution is 7.74. The Bertz CT molecular complexity index is 3600. The number of fused-ring (bicyclic) bond motifs is 4. The molecule has 4 bridgehead atoms. The molecule has 0 nitrogen and oxygen atoms in total. The summed E-state index contributed by atoms with van der Waals surface area (Å²) >= 11 is 0. The van der Waals surface area contributed by atoms with Gasteiger partial charge in [-0.25, -0.2) is 0 Å². The lowest BCUT2D eigenvalue weighted by molar-refractivity contribution is -0.461. The summed E-state index contributed by atoms with van der Waals surface area (Å²) in [7, 11) is -12.9. The summed E-state index contributed by atoms with van der Waals surface area (Å²) in [6.45, 7) is 0. The quantitative estimate of drug-likeness (QED) is 0.0471. The summed E-state index contributed by atoms with van der Waals surface area (Å²) < 4.78 is 982. The van der Waals surface area contributed by atoms with Crippen molar-refractivity contribution in [2.75, 3.05) is 24.6 Å². The summed E-state index contributed by atoms with van der Waals surface area (Å²) in [5.41, 5.74) is -7.58. The van der Waals surface area contributed by atoms with Gasteiger partial charge >= 0.3 is 191 Å². The maximum Gasteiger partial charge on any atom is 0.460 e. The minimum atomic E-state index is -9.69. The van der Waals surface area contributed by atoms with Crippen LogP contribution in [0, 0.1) is 0 Å². The maximum absolute atomic E-state index is 16.0. The van der Waals surface area contributed by atoms with Gasteiger partial charge in [-0.2, -0.15) is 299 Å². The molecule has 0 radical (unpaired) electrons. The Morgan fingerprint density at radius 1 is 0.151 bits per heavy atom. The lowest BCUT2D eigenvalue weighted by atomic mass is 9.88. The molecule has 0 amide bonds. The van der Waals surface area contributed by atoms with Gasteiger partial charge in [-0.05, 0) is 34.4 Å². The van der Waals surface area contributed by atoms with Crippen molar-refractivity contribution >= 4 is 14.5 Å². The molecule has 2 aromatic rings. The van der Waals surface area contributed by atoms with Gasteiger partial charge in [0.2, 0.25) is 0 Å². The van der Waals surface area contributed by atoms with Crippen LogP contribution in [-0.2, 0) is 24.6 Å². The third-order valence-corrected chi connectivity index (χ3v) is 27.6. The fourth-order valence-corrected chi connectivity index (χ4v) is 19.9. The van der Waals surface area contributed by atoms with E-state index in [1.165, 1.54) is 0 Å². The molecule has 1 aliphatic heterocycles. The van der Waals surface area contributed by atoms with E-state index in [1.54, 1.807) is 0 Å². The highest BCUT2D eigenvalue weighted by atomic mass is 31.2.